The molecule has 25 heteroatoms. The van der Waals surface area contributed by atoms with Crippen LogP contribution >= 0.6 is 8.53 Å². The predicted molar refractivity (Wildman–Crippen MR) is 264 cm³/mol. The Labute approximate surface area is 427 Å². The molecule has 0 spiro atoms. The van der Waals surface area contributed by atoms with Gasteiger partial charge in [-0.15, -0.1) is 0 Å². The van der Waals surface area contributed by atoms with Gasteiger partial charge in [0.05, 0.1) is 55.1 Å². The van der Waals surface area contributed by atoms with Gasteiger partial charge in [-0.05, 0) is 50.8 Å². The quantitative estimate of drug-likeness (QED) is 0.0199. The zero-order chi connectivity index (χ0) is 52.8. The SMILES string of the molecule is COC1(O[C@@H]2[C@H](OP(OCCc3ccc([N+](=O)[O-])cc3)N(C(C)C)C(C)C)[C@@H](COC(=O)OC(CC#N)c3ccccc3)O[C@H]2n2cnc3c(NC(=O)OCCc4ccc([N+](=O)[O-])cc4)ncnc32)CCOCC1. The fourth-order valence-electron chi connectivity index (χ4n) is 8.46. The largest absolute Gasteiger partial charge is 0.509 e. The Morgan fingerprint density at radius 1 is 0.892 bits per heavy atom. The number of nitrogens with zero attached hydrogens (tertiary/aromatic N) is 8. The van der Waals surface area contributed by atoms with Gasteiger partial charge in [0.15, 0.2) is 29.0 Å². The summed E-state index contributed by atoms with van der Waals surface area (Å²) in [7, 11) is -0.466. The topological polar surface area (TPSA) is 286 Å². The zero-order valence-corrected chi connectivity index (χ0v) is 42.3. The van der Waals surface area contributed by atoms with Crippen molar-refractivity contribution in [1.29, 1.82) is 5.26 Å². The summed E-state index contributed by atoms with van der Waals surface area (Å²) in [5.74, 6) is -1.20. The molecule has 5 aromatic rings. The van der Waals surface area contributed by atoms with Crippen LogP contribution in [-0.2, 0) is 55.0 Å². The van der Waals surface area contributed by atoms with E-state index in [1.54, 1.807) is 59.2 Å². The standard InChI is InChI=1S/C49H58N9O15P/c1-32(2)56(33(3)4)74(69-26-21-35-13-17-38(18-14-35)58(63)64)73-42-40(29-68-48(60)71-39(19-24-50)36-9-7-6-8-10-36)70-46(43(42)72-49(65-5)22-27-66-28-23-49)55-31-53-41-44(51-30-52-45(41)55)54-47(59)67-25-20-34-11-15-37(16-12-34)57(61)62/h6-18,30-33,39-40,42-43,46H,19-23,25-29H2,1-5H3,(H,51,52,54,59)/t39?,40-,42-,43-,46-,74?/m1/s1. The normalized spacial score (nSPS) is 19.2. The second-order valence-electron chi connectivity index (χ2n) is 17.7. The molecular formula is C49H58N9O15P. The van der Waals surface area contributed by atoms with Crippen LogP contribution in [-0.4, -0.2) is 123 Å². The third-order valence-corrected chi connectivity index (χ3v) is 14.3. The first-order valence-electron chi connectivity index (χ1n) is 23.9. The van der Waals surface area contributed by atoms with Crippen LogP contribution in [0.25, 0.3) is 11.2 Å². The number of ether oxygens (including phenoxy) is 7. The number of non-ortho nitro benzene ring substituents is 2. The number of anilines is 1. The molecule has 2 fully saturated rings. The van der Waals surface area contributed by atoms with E-state index in [0.29, 0.717) is 38.0 Å². The van der Waals surface area contributed by atoms with Gasteiger partial charge in [0.25, 0.3) is 19.9 Å². The highest BCUT2D eigenvalue weighted by molar-refractivity contribution is 7.44. The Hall–Kier alpha value is -6.81. The van der Waals surface area contributed by atoms with Crippen molar-refractivity contribution in [1.82, 2.24) is 24.2 Å². The summed E-state index contributed by atoms with van der Waals surface area (Å²) in [5.41, 5.74) is 2.37. The molecule has 3 aromatic carbocycles. The lowest BCUT2D eigenvalue weighted by Crippen LogP contribution is -2.49. The molecule has 394 valence electrons. The summed E-state index contributed by atoms with van der Waals surface area (Å²) in [6.07, 6.45) is -3.44. The van der Waals surface area contributed by atoms with E-state index in [1.165, 1.54) is 44.0 Å². The zero-order valence-electron chi connectivity index (χ0n) is 41.4. The average molecular weight is 1040 g/mol. The highest BCUT2D eigenvalue weighted by Crippen LogP contribution is 2.52. The van der Waals surface area contributed by atoms with Crippen molar-refractivity contribution in [2.24, 2.45) is 0 Å². The Morgan fingerprint density at radius 2 is 1.53 bits per heavy atom. The van der Waals surface area contributed by atoms with E-state index < -0.39 is 73.7 Å². The number of carbonyl (C=O) groups is 2. The number of imidazole rings is 1. The molecule has 24 nitrogen and oxygen atoms in total. The maximum atomic E-state index is 13.6. The van der Waals surface area contributed by atoms with Crippen molar-refractivity contribution < 1.29 is 61.6 Å². The van der Waals surface area contributed by atoms with Crippen molar-refractivity contribution in [3.8, 4) is 6.07 Å². The summed E-state index contributed by atoms with van der Waals surface area (Å²) in [4.78, 5) is 61.6. The molecule has 6 atom stereocenters. The molecule has 0 saturated carbocycles. The average Bonchev–Trinajstić information content (AvgIpc) is 3.97. The van der Waals surface area contributed by atoms with Crippen molar-refractivity contribution in [3.63, 3.8) is 0 Å². The number of hydrogen-bond acceptors (Lipinski definition) is 20. The molecule has 2 saturated heterocycles. The van der Waals surface area contributed by atoms with Crippen LogP contribution in [0.4, 0.5) is 26.8 Å². The van der Waals surface area contributed by atoms with E-state index in [1.807, 2.05) is 27.7 Å². The van der Waals surface area contributed by atoms with Crippen molar-refractivity contribution in [2.45, 2.75) is 108 Å². The molecule has 0 aliphatic carbocycles. The van der Waals surface area contributed by atoms with Gasteiger partial charge in [0.1, 0.15) is 37.4 Å². The highest BCUT2D eigenvalue weighted by atomic mass is 31.2. The third-order valence-electron chi connectivity index (χ3n) is 12.1. The van der Waals surface area contributed by atoms with Gasteiger partial charge < -0.3 is 42.2 Å². The summed E-state index contributed by atoms with van der Waals surface area (Å²) >= 11 is 0. The second kappa shape index (κ2) is 25.9. The molecular weight excluding hydrogens is 986 g/mol. The fraction of sp³-hybridized carbons (Fsp3) is 0.469. The van der Waals surface area contributed by atoms with E-state index in [-0.39, 0.29) is 66.5 Å². The molecule has 2 unspecified atom stereocenters. The number of nitriles is 1. The van der Waals surface area contributed by atoms with Gasteiger partial charge in [-0.2, -0.15) is 5.26 Å². The number of carbonyl (C=O) groups excluding carboxylic acids is 2. The van der Waals surface area contributed by atoms with Crippen LogP contribution in [0.5, 0.6) is 0 Å². The van der Waals surface area contributed by atoms with Crippen LogP contribution in [0.3, 0.4) is 0 Å². The minimum atomic E-state index is -2.00. The van der Waals surface area contributed by atoms with Gasteiger partial charge in [-0.1, -0.05) is 54.6 Å². The number of rotatable bonds is 24. The van der Waals surface area contributed by atoms with Crippen LogP contribution in [0.2, 0.25) is 0 Å². The minimum Gasteiger partial charge on any atom is -0.449 e. The number of benzene rings is 3. The number of amides is 1. The lowest BCUT2D eigenvalue weighted by Gasteiger charge is -2.41. The van der Waals surface area contributed by atoms with Crippen LogP contribution in [0.15, 0.2) is 91.5 Å². The lowest BCUT2D eigenvalue weighted by molar-refractivity contribution is -0.385. The van der Waals surface area contributed by atoms with Crippen LogP contribution < -0.4 is 5.32 Å². The number of nitro benzene ring substituents is 2. The second-order valence-corrected chi connectivity index (χ2v) is 19.1. The van der Waals surface area contributed by atoms with E-state index in [4.69, 9.17) is 42.2 Å². The number of hydrogen-bond donors (Lipinski definition) is 1. The molecule has 4 heterocycles. The minimum absolute atomic E-state index is 0.0116. The molecule has 1 N–H and O–H groups in total. The van der Waals surface area contributed by atoms with Crippen LogP contribution in [0, 0.1) is 31.6 Å². The highest BCUT2D eigenvalue weighted by Gasteiger charge is 2.54. The molecule has 0 radical (unpaired) electrons. The Bertz CT molecular complexity index is 2700. The molecule has 2 aromatic heterocycles. The van der Waals surface area contributed by atoms with Crippen molar-refractivity contribution in [2.75, 3.05) is 45.5 Å². The Kier molecular flexibility index (Phi) is 19.2. The number of methoxy groups -OCH3 is 1. The van der Waals surface area contributed by atoms with E-state index >= 15 is 0 Å². The molecule has 74 heavy (non-hydrogen) atoms. The molecule has 1 amide bonds. The smallest absolute Gasteiger partial charge is 0.449 e. The number of aromatic nitrogens is 4. The van der Waals surface area contributed by atoms with E-state index in [0.717, 1.165) is 11.1 Å². The van der Waals surface area contributed by atoms with Gasteiger partial charge >= 0.3 is 12.2 Å². The Morgan fingerprint density at radius 3 is 2.12 bits per heavy atom. The summed E-state index contributed by atoms with van der Waals surface area (Å²) in [6, 6.07) is 22.7. The molecule has 2 aliphatic heterocycles. The van der Waals surface area contributed by atoms with Crippen molar-refractivity contribution >= 4 is 49.1 Å². The fourth-order valence-corrected chi connectivity index (χ4v) is 10.2. The molecule has 0 bridgehead atoms. The number of nitrogens with one attached hydrogen (secondary N) is 1. The summed E-state index contributed by atoms with van der Waals surface area (Å²) in [6.45, 7) is 8.29. The summed E-state index contributed by atoms with van der Waals surface area (Å²) < 4.78 is 60.2. The van der Waals surface area contributed by atoms with Gasteiger partial charge in [0, 0.05) is 62.7 Å². The van der Waals surface area contributed by atoms with Gasteiger partial charge in [0.2, 0.25) is 0 Å². The number of nitro groups is 2. The molecule has 7 rings (SSSR count). The van der Waals surface area contributed by atoms with E-state index in [2.05, 4.69) is 31.0 Å². The molecule has 2 aliphatic rings. The lowest BCUT2D eigenvalue weighted by atomic mass is 10.1. The maximum Gasteiger partial charge on any atom is 0.509 e. The first-order valence-corrected chi connectivity index (χ1v) is 25.0. The third kappa shape index (κ3) is 14.1. The monoisotopic (exact) mass is 1040 g/mol. The maximum absolute atomic E-state index is 13.6. The van der Waals surface area contributed by atoms with Crippen LogP contribution in [0.1, 0.15) is 76.0 Å². The first-order chi connectivity index (χ1) is 35.7. The van der Waals surface area contributed by atoms with E-state index in [9.17, 15) is 35.1 Å². The van der Waals surface area contributed by atoms with Gasteiger partial charge in [-0.3, -0.25) is 30.1 Å². The van der Waals surface area contributed by atoms with Crippen molar-refractivity contribution in [3.05, 3.63) is 128 Å². The Balaban J connectivity index is 1.21. The first kappa shape index (κ1) is 55.0. The predicted octanol–water partition coefficient (Wildman–Crippen LogP) is 8.67. The number of fused-ring (bicyclic) bond motifs is 1. The summed E-state index contributed by atoms with van der Waals surface area (Å²) in [5, 5.41) is 34.7. The van der Waals surface area contributed by atoms with Gasteiger partial charge in [-0.25, -0.2) is 29.2 Å².